The van der Waals surface area contributed by atoms with E-state index in [0.29, 0.717) is 5.75 Å². The minimum absolute atomic E-state index is 0.228. The van der Waals surface area contributed by atoms with Gasteiger partial charge in [0, 0.05) is 5.56 Å². The molecule has 1 aromatic carbocycles. The predicted molar refractivity (Wildman–Crippen MR) is 46.4 cm³/mol. The normalized spacial score (nSPS) is 26.0. The molecule has 0 amide bonds. The van der Waals surface area contributed by atoms with Gasteiger partial charge in [-0.15, -0.1) is 0 Å². The average molecular weight is 219 g/mol. The summed E-state index contributed by atoms with van der Waals surface area (Å²) in [5.74, 6) is -3.54. The summed E-state index contributed by atoms with van der Waals surface area (Å²) in [6.07, 6.45) is 1.68. The third kappa shape index (κ3) is 1.50. The Morgan fingerprint density at radius 2 is 1.79 bits per heavy atom. The minimum Gasteiger partial charge on any atom is -0.616 e. The molecular formula is C9H6F3OS. The zero-order chi connectivity index (χ0) is 10.3. The maximum atomic E-state index is 12.8. The topological polar surface area (TPSA) is 23.1 Å². The summed E-state index contributed by atoms with van der Waals surface area (Å²) in [6, 6.07) is 1.77. The van der Waals surface area contributed by atoms with Gasteiger partial charge in [0.25, 0.3) is 0 Å². The number of hydrogen-bond donors (Lipinski definition) is 0. The molecule has 75 valence electrons. The van der Waals surface area contributed by atoms with Gasteiger partial charge in [0.15, 0.2) is 17.5 Å². The molecule has 0 aromatic heterocycles. The van der Waals surface area contributed by atoms with Gasteiger partial charge in [0.05, 0.1) is 6.42 Å². The van der Waals surface area contributed by atoms with Crippen molar-refractivity contribution in [1.29, 1.82) is 0 Å². The van der Waals surface area contributed by atoms with E-state index >= 15 is 0 Å². The van der Waals surface area contributed by atoms with Gasteiger partial charge in [-0.05, 0) is 23.3 Å². The van der Waals surface area contributed by atoms with Crippen LogP contribution in [0.5, 0.6) is 0 Å². The van der Waals surface area contributed by atoms with Gasteiger partial charge in [0.1, 0.15) is 11.0 Å². The van der Waals surface area contributed by atoms with Gasteiger partial charge in [-0.1, -0.05) is 0 Å². The Balaban J connectivity index is 2.35. The lowest BCUT2D eigenvalue weighted by Crippen LogP contribution is -2.30. The Morgan fingerprint density at radius 3 is 2.14 bits per heavy atom. The van der Waals surface area contributed by atoms with Crippen LogP contribution < -0.4 is 0 Å². The van der Waals surface area contributed by atoms with Crippen LogP contribution in [0, 0.1) is 23.9 Å². The molecule has 1 fully saturated rings. The van der Waals surface area contributed by atoms with E-state index in [1.54, 1.807) is 6.42 Å². The molecule has 14 heavy (non-hydrogen) atoms. The summed E-state index contributed by atoms with van der Waals surface area (Å²) in [5, 5.41) is -0.459. The van der Waals surface area contributed by atoms with E-state index in [9.17, 15) is 17.7 Å². The molecule has 1 heterocycles. The molecule has 1 aliphatic rings. The Labute approximate surface area is 82.1 Å². The maximum Gasteiger partial charge on any atom is 0.194 e. The Kier molecular flexibility index (Phi) is 2.45. The largest absolute Gasteiger partial charge is 0.616 e. The second kappa shape index (κ2) is 3.47. The molecule has 0 bridgehead atoms. The van der Waals surface area contributed by atoms with Gasteiger partial charge >= 0.3 is 0 Å². The Bertz CT molecular complexity index is 346. The third-order valence-corrected chi connectivity index (χ3v) is 3.64. The van der Waals surface area contributed by atoms with E-state index in [2.05, 4.69) is 0 Å². The maximum absolute atomic E-state index is 12.8. The molecule has 0 spiro atoms. The van der Waals surface area contributed by atoms with Crippen LogP contribution in [-0.2, 0) is 11.2 Å². The lowest BCUT2D eigenvalue weighted by atomic mass is 10.1. The molecule has 0 N–H and O–H groups in total. The smallest absolute Gasteiger partial charge is 0.194 e. The standard InChI is InChI=1S/C9H6F3OS/c10-6-3-5(4-7(11)9(6)12)8-1-2-14(8)13/h1,3-4,8H,2H2. The van der Waals surface area contributed by atoms with Crippen LogP contribution in [0.25, 0.3) is 0 Å². The molecule has 2 atom stereocenters. The third-order valence-electron chi connectivity index (χ3n) is 2.09. The zero-order valence-corrected chi connectivity index (χ0v) is 7.78. The zero-order valence-electron chi connectivity index (χ0n) is 6.97. The highest BCUT2D eigenvalue weighted by Crippen LogP contribution is 2.36. The van der Waals surface area contributed by atoms with Crippen LogP contribution in [-0.4, -0.2) is 10.3 Å². The van der Waals surface area contributed by atoms with Crippen LogP contribution in [0.1, 0.15) is 10.8 Å². The molecule has 1 aromatic rings. The number of hydrogen-bond acceptors (Lipinski definition) is 1. The van der Waals surface area contributed by atoms with Gasteiger partial charge in [-0.3, -0.25) is 0 Å². The van der Waals surface area contributed by atoms with Gasteiger partial charge in [-0.2, -0.15) is 0 Å². The lowest BCUT2D eigenvalue weighted by Gasteiger charge is -2.29. The van der Waals surface area contributed by atoms with Crippen molar-refractivity contribution in [3.05, 3.63) is 41.6 Å². The van der Waals surface area contributed by atoms with Crippen LogP contribution in [0.3, 0.4) is 0 Å². The highest BCUT2D eigenvalue weighted by molar-refractivity contribution is 7.93. The van der Waals surface area contributed by atoms with Crippen molar-refractivity contribution in [2.45, 2.75) is 5.25 Å². The molecule has 1 radical (unpaired) electrons. The molecule has 0 aliphatic carbocycles. The average Bonchev–Trinajstić information content (AvgIpc) is 2.11. The van der Waals surface area contributed by atoms with Gasteiger partial charge in [-0.25, -0.2) is 13.2 Å². The summed E-state index contributed by atoms with van der Waals surface area (Å²) in [4.78, 5) is 0. The fourth-order valence-corrected chi connectivity index (χ4v) is 2.28. The van der Waals surface area contributed by atoms with Crippen molar-refractivity contribution in [3.8, 4) is 0 Å². The van der Waals surface area contributed by atoms with Crippen LogP contribution in [0.15, 0.2) is 12.1 Å². The molecular weight excluding hydrogens is 213 g/mol. The quantitative estimate of drug-likeness (QED) is 0.524. The molecule has 0 saturated carbocycles. The second-order valence-electron chi connectivity index (χ2n) is 3.00. The Hall–Kier alpha value is -0.680. The van der Waals surface area contributed by atoms with Crippen LogP contribution in [0.4, 0.5) is 13.2 Å². The SMILES string of the molecule is [O-][S+]1C[CH]C1c1cc(F)c(F)c(F)c1. The summed E-state index contributed by atoms with van der Waals surface area (Å²) >= 11 is -1.12. The first-order chi connectivity index (χ1) is 6.59. The Morgan fingerprint density at radius 1 is 1.21 bits per heavy atom. The predicted octanol–water partition coefficient (Wildman–Crippen LogP) is 2.11. The second-order valence-corrected chi connectivity index (χ2v) is 4.60. The fraction of sp³-hybridized carbons (Fsp3) is 0.222. The first-order valence-electron chi connectivity index (χ1n) is 3.94. The molecule has 1 saturated heterocycles. The van der Waals surface area contributed by atoms with Crippen molar-refractivity contribution in [2.24, 2.45) is 0 Å². The summed E-state index contributed by atoms with van der Waals surface area (Å²) < 4.78 is 49.2. The number of benzene rings is 1. The summed E-state index contributed by atoms with van der Waals surface area (Å²) in [7, 11) is 0. The van der Waals surface area contributed by atoms with Crippen molar-refractivity contribution in [2.75, 3.05) is 5.75 Å². The number of halogens is 3. The molecule has 1 aliphatic heterocycles. The van der Waals surface area contributed by atoms with E-state index in [0.717, 1.165) is 12.1 Å². The minimum atomic E-state index is -1.49. The van der Waals surface area contributed by atoms with E-state index in [4.69, 9.17) is 0 Å². The summed E-state index contributed by atoms with van der Waals surface area (Å²) in [6.45, 7) is 0. The lowest BCUT2D eigenvalue weighted by molar-refractivity contribution is 0.445. The summed E-state index contributed by atoms with van der Waals surface area (Å²) in [5.41, 5.74) is 0.228. The number of rotatable bonds is 1. The van der Waals surface area contributed by atoms with Crippen molar-refractivity contribution >= 4 is 11.2 Å². The van der Waals surface area contributed by atoms with Gasteiger partial charge < -0.3 is 4.55 Å². The highest BCUT2D eigenvalue weighted by atomic mass is 32.2. The van der Waals surface area contributed by atoms with Gasteiger partial charge in [0.2, 0.25) is 0 Å². The van der Waals surface area contributed by atoms with Crippen molar-refractivity contribution in [3.63, 3.8) is 0 Å². The first kappa shape index (κ1) is 9.86. The van der Waals surface area contributed by atoms with Crippen molar-refractivity contribution in [1.82, 2.24) is 0 Å². The fourth-order valence-electron chi connectivity index (χ4n) is 1.30. The molecule has 2 rings (SSSR count). The van der Waals surface area contributed by atoms with Crippen LogP contribution in [0.2, 0.25) is 0 Å². The van der Waals surface area contributed by atoms with E-state index in [-0.39, 0.29) is 5.56 Å². The van der Waals surface area contributed by atoms with E-state index < -0.39 is 33.9 Å². The van der Waals surface area contributed by atoms with Crippen LogP contribution >= 0.6 is 0 Å². The van der Waals surface area contributed by atoms with Crippen molar-refractivity contribution < 1.29 is 17.7 Å². The van der Waals surface area contributed by atoms with E-state index in [1.807, 2.05) is 0 Å². The molecule has 1 nitrogen and oxygen atoms in total. The van der Waals surface area contributed by atoms with E-state index in [1.165, 1.54) is 0 Å². The molecule has 2 unspecified atom stereocenters. The first-order valence-corrected chi connectivity index (χ1v) is 5.33. The monoisotopic (exact) mass is 219 g/mol. The highest BCUT2D eigenvalue weighted by Gasteiger charge is 2.36. The molecule has 5 heteroatoms.